The van der Waals surface area contributed by atoms with Crippen molar-refractivity contribution in [2.75, 3.05) is 31.7 Å². The van der Waals surface area contributed by atoms with Gasteiger partial charge in [-0.25, -0.2) is 4.79 Å². The number of hydrogen-bond acceptors (Lipinski definition) is 7. The summed E-state index contributed by atoms with van der Waals surface area (Å²) in [6.45, 7) is -1.08. The highest BCUT2D eigenvalue weighted by Gasteiger charge is 2.52. The van der Waals surface area contributed by atoms with Gasteiger partial charge in [0.1, 0.15) is 17.8 Å². The van der Waals surface area contributed by atoms with Crippen LogP contribution in [-0.4, -0.2) is 61.1 Å². The van der Waals surface area contributed by atoms with Gasteiger partial charge in [-0.2, -0.15) is 5.26 Å². The molecule has 0 bridgehead atoms. The molecule has 0 atom stereocenters. The molecule has 2 fully saturated rings. The first-order chi connectivity index (χ1) is 14.9. The molecule has 1 saturated carbocycles. The van der Waals surface area contributed by atoms with Crippen LogP contribution in [0.25, 0.3) is 0 Å². The topological polar surface area (TPSA) is 129 Å². The molecule has 1 aromatic rings. The average Bonchev–Trinajstić information content (AvgIpc) is 3.33. The summed E-state index contributed by atoms with van der Waals surface area (Å²) in [5.74, 6) is -1.42. The Balaban J connectivity index is 1.61. The molecule has 2 aliphatic rings. The van der Waals surface area contributed by atoms with Crippen molar-refractivity contribution in [3.63, 3.8) is 0 Å². The van der Waals surface area contributed by atoms with Crippen molar-refractivity contribution in [3.8, 4) is 11.8 Å². The van der Waals surface area contributed by atoms with E-state index in [0.29, 0.717) is 24.3 Å². The lowest BCUT2D eigenvalue weighted by molar-refractivity contribution is -0.150. The van der Waals surface area contributed by atoms with Gasteiger partial charge in [-0.05, 0) is 25.0 Å². The number of rotatable bonds is 8. The fraction of sp³-hybridized carbons (Fsp3) is 0.476. The molecule has 10 nitrogen and oxygen atoms in total. The van der Waals surface area contributed by atoms with E-state index in [9.17, 15) is 19.2 Å². The van der Waals surface area contributed by atoms with E-state index in [2.05, 4.69) is 5.32 Å². The first kappa shape index (κ1) is 22.1. The zero-order valence-corrected chi connectivity index (χ0v) is 17.3. The van der Waals surface area contributed by atoms with Crippen LogP contribution >= 0.6 is 0 Å². The molecule has 1 aliphatic heterocycles. The second-order valence-electron chi connectivity index (χ2n) is 7.40. The van der Waals surface area contributed by atoms with E-state index in [1.165, 1.54) is 12.0 Å². The third-order valence-corrected chi connectivity index (χ3v) is 5.47. The maximum Gasteiger partial charge on any atom is 0.326 e. The molecule has 1 saturated heterocycles. The van der Waals surface area contributed by atoms with Crippen LogP contribution in [0, 0.1) is 11.3 Å². The Morgan fingerprint density at radius 3 is 2.65 bits per heavy atom. The van der Waals surface area contributed by atoms with Crippen molar-refractivity contribution >= 4 is 29.5 Å². The summed E-state index contributed by atoms with van der Waals surface area (Å²) in [6, 6.07) is 8.13. The summed E-state index contributed by atoms with van der Waals surface area (Å²) in [5.41, 5.74) is -0.468. The number of carbonyl (C=O) groups excluding carboxylic acids is 4. The minimum atomic E-state index is -0.912. The van der Waals surface area contributed by atoms with Crippen LogP contribution in [0.2, 0.25) is 0 Å². The number of urea groups is 1. The highest BCUT2D eigenvalue weighted by Crippen LogP contribution is 2.35. The normalized spacial score (nSPS) is 16.7. The van der Waals surface area contributed by atoms with Crippen LogP contribution in [0.5, 0.6) is 5.75 Å². The van der Waals surface area contributed by atoms with E-state index in [1.54, 1.807) is 24.3 Å². The largest absolute Gasteiger partial charge is 0.495 e. The van der Waals surface area contributed by atoms with Crippen molar-refractivity contribution in [1.29, 1.82) is 5.26 Å². The fourth-order valence-corrected chi connectivity index (χ4v) is 3.93. The van der Waals surface area contributed by atoms with E-state index in [-0.39, 0.29) is 13.0 Å². The molecule has 1 aliphatic carbocycles. The number of esters is 1. The summed E-state index contributed by atoms with van der Waals surface area (Å²) in [6.07, 6.45) is 2.84. The number of benzene rings is 1. The van der Waals surface area contributed by atoms with Gasteiger partial charge in [-0.1, -0.05) is 25.0 Å². The van der Waals surface area contributed by atoms with Crippen molar-refractivity contribution < 1.29 is 28.7 Å². The lowest BCUT2D eigenvalue weighted by Crippen LogP contribution is -2.44. The molecule has 0 aromatic heterocycles. The van der Waals surface area contributed by atoms with Crippen LogP contribution in [0.1, 0.15) is 32.1 Å². The summed E-state index contributed by atoms with van der Waals surface area (Å²) in [4.78, 5) is 51.9. The Labute approximate surface area is 179 Å². The molecule has 0 radical (unpaired) electrons. The van der Waals surface area contributed by atoms with E-state index < -0.39 is 42.5 Å². The number of nitriles is 1. The number of imide groups is 1. The first-order valence-corrected chi connectivity index (χ1v) is 10.0. The van der Waals surface area contributed by atoms with Gasteiger partial charge in [0, 0.05) is 6.54 Å². The maximum absolute atomic E-state index is 12.7. The average molecular weight is 428 g/mol. The van der Waals surface area contributed by atoms with Gasteiger partial charge in [-0.15, -0.1) is 0 Å². The Morgan fingerprint density at radius 1 is 1.26 bits per heavy atom. The number of ether oxygens (including phenoxy) is 2. The monoisotopic (exact) mass is 428 g/mol. The number of hydrogen-bond donors (Lipinski definition) is 1. The van der Waals surface area contributed by atoms with E-state index >= 15 is 0 Å². The Kier molecular flexibility index (Phi) is 6.74. The minimum absolute atomic E-state index is 0.0717. The number of nitrogens with zero attached hydrogens (tertiary/aromatic N) is 3. The lowest BCUT2D eigenvalue weighted by atomic mass is 9.98. The predicted molar refractivity (Wildman–Crippen MR) is 108 cm³/mol. The Hall–Kier alpha value is -3.61. The van der Waals surface area contributed by atoms with Crippen LogP contribution in [0.4, 0.5) is 10.5 Å². The molecule has 164 valence electrons. The minimum Gasteiger partial charge on any atom is -0.495 e. The zero-order chi connectivity index (χ0) is 22.4. The van der Waals surface area contributed by atoms with Crippen molar-refractivity contribution in [2.24, 2.45) is 0 Å². The number of carbonyl (C=O) groups is 4. The van der Waals surface area contributed by atoms with Gasteiger partial charge in [-0.3, -0.25) is 19.3 Å². The fourth-order valence-electron chi connectivity index (χ4n) is 3.93. The van der Waals surface area contributed by atoms with E-state index in [4.69, 9.17) is 14.7 Å². The van der Waals surface area contributed by atoms with Gasteiger partial charge < -0.3 is 19.7 Å². The third-order valence-electron chi connectivity index (χ3n) is 5.47. The molecular formula is C21H24N4O6. The second-order valence-corrected chi connectivity index (χ2v) is 7.40. The zero-order valence-electron chi connectivity index (χ0n) is 17.3. The smallest absolute Gasteiger partial charge is 0.326 e. The third kappa shape index (κ3) is 4.60. The molecule has 3 rings (SSSR count). The van der Waals surface area contributed by atoms with Crippen LogP contribution in [0.3, 0.4) is 0 Å². The number of anilines is 1. The van der Waals surface area contributed by atoms with Gasteiger partial charge >= 0.3 is 12.0 Å². The molecular weight excluding hydrogens is 404 g/mol. The van der Waals surface area contributed by atoms with Crippen LogP contribution < -0.4 is 15.0 Å². The standard InChI is InChI=1S/C21H24N4O6/c1-30-16-8-3-2-7-15(16)24(12-6-11-22)17(26)14-31-18(27)13-25-19(28)21(23-20(25)29)9-4-5-10-21/h2-3,7-8H,4-6,9-10,12-14H2,1H3,(H,23,29). The highest BCUT2D eigenvalue weighted by atomic mass is 16.5. The molecule has 0 unspecified atom stereocenters. The molecule has 1 spiro atoms. The van der Waals surface area contributed by atoms with Crippen LogP contribution in [0.15, 0.2) is 24.3 Å². The Bertz CT molecular complexity index is 919. The second kappa shape index (κ2) is 9.47. The first-order valence-electron chi connectivity index (χ1n) is 10.0. The van der Waals surface area contributed by atoms with Gasteiger partial charge in [0.25, 0.3) is 11.8 Å². The van der Waals surface area contributed by atoms with Gasteiger partial charge in [0.2, 0.25) is 0 Å². The number of nitrogens with one attached hydrogen (secondary N) is 1. The summed E-state index contributed by atoms with van der Waals surface area (Å²) in [7, 11) is 1.46. The summed E-state index contributed by atoms with van der Waals surface area (Å²) >= 11 is 0. The molecule has 1 N–H and O–H groups in total. The highest BCUT2D eigenvalue weighted by molar-refractivity contribution is 6.09. The number of para-hydroxylation sites is 2. The molecule has 1 aromatic carbocycles. The van der Waals surface area contributed by atoms with Crippen LogP contribution in [-0.2, 0) is 19.1 Å². The lowest BCUT2D eigenvalue weighted by Gasteiger charge is -2.23. The molecule has 4 amide bonds. The number of amides is 4. The van der Waals surface area contributed by atoms with Gasteiger partial charge in [0.05, 0.1) is 25.3 Å². The molecule has 31 heavy (non-hydrogen) atoms. The van der Waals surface area contributed by atoms with Crippen molar-refractivity contribution in [1.82, 2.24) is 10.2 Å². The van der Waals surface area contributed by atoms with Gasteiger partial charge in [0.15, 0.2) is 6.61 Å². The Morgan fingerprint density at radius 2 is 1.97 bits per heavy atom. The number of methoxy groups -OCH3 is 1. The molecule has 10 heteroatoms. The SMILES string of the molecule is COc1ccccc1N(CCC#N)C(=O)COC(=O)CN1C(=O)NC2(CCCC2)C1=O. The summed E-state index contributed by atoms with van der Waals surface area (Å²) < 4.78 is 10.3. The summed E-state index contributed by atoms with van der Waals surface area (Å²) in [5, 5.41) is 11.6. The molecule has 1 heterocycles. The van der Waals surface area contributed by atoms with E-state index in [1.807, 2.05) is 6.07 Å². The van der Waals surface area contributed by atoms with E-state index in [0.717, 1.165) is 17.7 Å². The predicted octanol–water partition coefficient (Wildman–Crippen LogP) is 1.35. The quantitative estimate of drug-likeness (QED) is 0.489. The van der Waals surface area contributed by atoms with Crippen molar-refractivity contribution in [3.05, 3.63) is 24.3 Å². The van der Waals surface area contributed by atoms with Crippen molar-refractivity contribution in [2.45, 2.75) is 37.6 Å². The maximum atomic E-state index is 12.7.